The number of benzene rings is 1. The highest BCUT2D eigenvalue weighted by atomic mass is 35.5. The van der Waals surface area contributed by atoms with E-state index in [-0.39, 0.29) is 22.4 Å². The van der Waals surface area contributed by atoms with Crippen molar-refractivity contribution < 1.29 is 14.7 Å². The number of rotatable bonds is 4. The van der Waals surface area contributed by atoms with E-state index in [0.29, 0.717) is 16.3 Å². The van der Waals surface area contributed by atoms with Crippen LogP contribution in [0.5, 0.6) is 0 Å². The molecule has 2 rings (SSSR count). The summed E-state index contributed by atoms with van der Waals surface area (Å²) >= 11 is 6.84. The molecule has 6 nitrogen and oxygen atoms in total. The molecule has 1 aromatic carbocycles. The molecule has 2 aromatic rings. The summed E-state index contributed by atoms with van der Waals surface area (Å²) < 4.78 is 3.78. The summed E-state index contributed by atoms with van der Waals surface area (Å²) in [6, 6.07) is 4.14. The number of carboxylic acid groups (broad SMARTS) is 1. The van der Waals surface area contributed by atoms with Crippen LogP contribution >= 0.6 is 23.1 Å². The molecule has 0 bridgehead atoms. The Morgan fingerprint density at radius 2 is 2.05 bits per heavy atom. The van der Waals surface area contributed by atoms with E-state index in [1.165, 1.54) is 18.2 Å². The lowest BCUT2D eigenvalue weighted by Gasteiger charge is -2.07. The number of aromatic nitrogens is 2. The van der Waals surface area contributed by atoms with E-state index in [4.69, 9.17) is 16.7 Å². The van der Waals surface area contributed by atoms with Crippen LogP contribution in [0.15, 0.2) is 18.2 Å². The standard InChI is InChI=1S/C13H12ClN3O3S/c1-6(2)10-11(21-17-16-10)12(18)15-9-4-7(13(19)20)3-8(14)5-9/h3-6H,1-2H3,(H,15,18)(H,19,20). The minimum Gasteiger partial charge on any atom is -0.478 e. The van der Waals surface area contributed by atoms with Crippen molar-refractivity contribution in [3.05, 3.63) is 39.4 Å². The molecule has 0 saturated carbocycles. The number of hydrogen-bond donors (Lipinski definition) is 2. The van der Waals surface area contributed by atoms with Crippen molar-refractivity contribution in [1.82, 2.24) is 9.59 Å². The van der Waals surface area contributed by atoms with E-state index in [1.807, 2.05) is 13.8 Å². The lowest BCUT2D eigenvalue weighted by atomic mass is 10.1. The van der Waals surface area contributed by atoms with Crippen molar-refractivity contribution in [2.45, 2.75) is 19.8 Å². The molecular formula is C13H12ClN3O3S. The third-order valence-electron chi connectivity index (χ3n) is 2.67. The van der Waals surface area contributed by atoms with E-state index in [9.17, 15) is 9.59 Å². The zero-order chi connectivity index (χ0) is 15.6. The third-order valence-corrected chi connectivity index (χ3v) is 3.63. The Labute approximate surface area is 129 Å². The van der Waals surface area contributed by atoms with Crippen molar-refractivity contribution in [2.75, 3.05) is 5.32 Å². The summed E-state index contributed by atoms with van der Waals surface area (Å²) in [5.74, 6) is -1.43. The number of aromatic carboxylic acids is 1. The molecule has 0 aliphatic carbocycles. The van der Waals surface area contributed by atoms with Gasteiger partial charge in [-0.25, -0.2) is 4.79 Å². The number of carboxylic acids is 1. The summed E-state index contributed by atoms with van der Waals surface area (Å²) in [7, 11) is 0. The molecule has 0 fully saturated rings. The van der Waals surface area contributed by atoms with Gasteiger partial charge in [-0.1, -0.05) is 29.9 Å². The number of nitrogens with one attached hydrogen (secondary N) is 1. The van der Waals surface area contributed by atoms with Gasteiger partial charge in [0.1, 0.15) is 4.88 Å². The van der Waals surface area contributed by atoms with Crippen LogP contribution in [0, 0.1) is 0 Å². The van der Waals surface area contributed by atoms with Crippen LogP contribution < -0.4 is 5.32 Å². The number of amides is 1. The van der Waals surface area contributed by atoms with E-state index >= 15 is 0 Å². The normalized spacial score (nSPS) is 10.7. The average molecular weight is 326 g/mol. The van der Waals surface area contributed by atoms with Crippen molar-refractivity contribution in [2.24, 2.45) is 0 Å². The molecule has 1 aromatic heterocycles. The smallest absolute Gasteiger partial charge is 0.335 e. The molecule has 0 atom stereocenters. The minimum atomic E-state index is -1.12. The Kier molecular flexibility index (Phi) is 4.54. The lowest BCUT2D eigenvalue weighted by Crippen LogP contribution is -2.13. The predicted molar refractivity (Wildman–Crippen MR) is 80.4 cm³/mol. The van der Waals surface area contributed by atoms with Gasteiger partial charge >= 0.3 is 5.97 Å². The molecule has 1 amide bonds. The number of nitrogens with zero attached hydrogens (tertiary/aromatic N) is 2. The van der Waals surface area contributed by atoms with Gasteiger partial charge in [-0.05, 0) is 35.6 Å². The molecule has 1 heterocycles. The maximum absolute atomic E-state index is 12.2. The quantitative estimate of drug-likeness (QED) is 0.900. The van der Waals surface area contributed by atoms with Crippen LogP contribution in [0.1, 0.15) is 45.5 Å². The second-order valence-corrected chi connectivity index (χ2v) is 5.82. The third kappa shape index (κ3) is 3.56. The molecule has 0 saturated heterocycles. The van der Waals surface area contributed by atoms with Gasteiger partial charge in [-0.2, -0.15) is 0 Å². The number of carbonyl (C=O) groups is 2. The molecule has 110 valence electrons. The van der Waals surface area contributed by atoms with Crippen LogP contribution in [0.4, 0.5) is 5.69 Å². The largest absolute Gasteiger partial charge is 0.478 e. The van der Waals surface area contributed by atoms with Crippen molar-refractivity contribution in [3.63, 3.8) is 0 Å². The highest BCUT2D eigenvalue weighted by Gasteiger charge is 2.19. The molecule has 8 heteroatoms. The van der Waals surface area contributed by atoms with E-state index < -0.39 is 5.97 Å². The first kappa shape index (κ1) is 15.4. The number of hydrogen-bond acceptors (Lipinski definition) is 5. The first-order valence-electron chi connectivity index (χ1n) is 6.06. The predicted octanol–water partition coefficient (Wildman–Crippen LogP) is 3.27. The number of halogens is 1. The van der Waals surface area contributed by atoms with Crippen molar-refractivity contribution >= 4 is 40.7 Å². The van der Waals surface area contributed by atoms with Gasteiger partial charge in [0, 0.05) is 10.7 Å². The van der Waals surface area contributed by atoms with E-state index in [2.05, 4.69) is 14.9 Å². The second-order valence-electron chi connectivity index (χ2n) is 4.63. The van der Waals surface area contributed by atoms with Gasteiger partial charge in [0.05, 0.1) is 11.3 Å². The van der Waals surface area contributed by atoms with Gasteiger partial charge in [-0.3, -0.25) is 4.79 Å². The van der Waals surface area contributed by atoms with Gasteiger partial charge in [0.2, 0.25) is 0 Å². The highest BCUT2D eigenvalue weighted by Crippen LogP contribution is 2.23. The summed E-state index contributed by atoms with van der Waals surface area (Å²) in [5, 5.41) is 15.8. The number of anilines is 1. The highest BCUT2D eigenvalue weighted by molar-refractivity contribution is 7.08. The minimum absolute atomic E-state index is 0.00399. The monoisotopic (exact) mass is 325 g/mol. The zero-order valence-electron chi connectivity index (χ0n) is 11.3. The topological polar surface area (TPSA) is 92.2 Å². The first-order chi connectivity index (χ1) is 9.88. The fourth-order valence-electron chi connectivity index (χ4n) is 1.71. The molecular weight excluding hydrogens is 314 g/mol. The Morgan fingerprint density at radius 1 is 1.33 bits per heavy atom. The summed E-state index contributed by atoms with van der Waals surface area (Å²) in [6.07, 6.45) is 0. The fourth-order valence-corrected chi connectivity index (χ4v) is 2.66. The Balaban J connectivity index is 2.27. The Bertz CT molecular complexity index is 700. The molecule has 0 spiro atoms. The second kappa shape index (κ2) is 6.19. The van der Waals surface area contributed by atoms with Crippen LogP contribution in [0.3, 0.4) is 0 Å². The first-order valence-corrected chi connectivity index (χ1v) is 7.21. The molecule has 21 heavy (non-hydrogen) atoms. The summed E-state index contributed by atoms with van der Waals surface area (Å²) in [4.78, 5) is 23.6. The van der Waals surface area contributed by atoms with Crippen molar-refractivity contribution in [1.29, 1.82) is 0 Å². The van der Waals surface area contributed by atoms with E-state index in [0.717, 1.165) is 11.5 Å². The van der Waals surface area contributed by atoms with Gasteiger partial charge < -0.3 is 10.4 Å². The van der Waals surface area contributed by atoms with Crippen LogP contribution in [-0.4, -0.2) is 26.6 Å². The maximum Gasteiger partial charge on any atom is 0.335 e. The molecule has 2 N–H and O–H groups in total. The summed E-state index contributed by atoms with van der Waals surface area (Å²) in [5.41, 5.74) is 0.926. The molecule has 0 aliphatic rings. The molecule has 0 radical (unpaired) electrons. The lowest BCUT2D eigenvalue weighted by molar-refractivity contribution is 0.0696. The van der Waals surface area contributed by atoms with E-state index in [1.54, 1.807) is 0 Å². The van der Waals surface area contributed by atoms with Crippen LogP contribution in [-0.2, 0) is 0 Å². The zero-order valence-corrected chi connectivity index (χ0v) is 12.8. The Morgan fingerprint density at radius 3 is 2.67 bits per heavy atom. The molecule has 0 aliphatic heterocycles. The average Bonchev–Trinajstić information content (AvgIpc) is 2.87. The Hall–Kier alpha value is -1.99. The van der Waals surface area contributed by atoms with Gasteiger partial charge in [0.15, 0.2) is 0 Å². The van der Waals surface area contributed by atoms with Crippen molar-refractivity contribution in [3.8, 4) is 0 Å². The maximum atomic E-state index is 12.2. The van der Waals surface area contributed by atoms with Gasteiger partial charge in [-0.15, -0.1) is 5.10 Å². The molecule has 0 unspecified atom stereocenters. The van der Waals surface area contributed by atoms with Crippen LogP contribution in [0.25, 0.3) is 0 Å². The SMILES string of the molecule is CC(C)c1nnsc1C(=O)Nc1cc(Cl)cc(C(=O)O)c1. The summed E-state index contributed by atoms with van der Waals surface area (Å²) in [6.45, 7) is 3.82. The van der Waals surface area contributed by atoms with Crippen LogP contribution in [0.2, 0.25) is 5.02 Å². The number of carbonyl (C=O) groups excluding carboxylic acids is 1. The fraction of sp³-hybridized carbons (Fsp3) is 0.231. The van der Waals surface area contributed by atoms with Gasteiger partial charge in [0.25, 0.3) is 5.91 Å².